The molecule has 0 spiro atoms. The number of rotatable bonds is 10. The van der Waals surface area contributed by atoms with Gasteiger partial charge in [0, 0.05) is 25.9 Å². The highest BCUT2D eigenvalue weighted by molar-refractivity contribution is 7.92. The van der Waals surface area contributed by atoms with Gasteiger partial charge in [-0.25, -0.2) is 16.8 Å². The highest BCUT2D eigenvalue weighted by atomic mass is 32.2. The lowest BCUT2D eigenvalue weighted by atomic mass is 10.3. The van der Waals surface area contributed by atoms with Crippen molar-refractivity contribution in [3.05, 3.63) is 24.3 Å². The van der Waals surface area contributed by atoms with E-state index in [9.17, 15) is 16.8 Å². The first-order valence-electron chi connectivity index (χ1n) is 8.02. The van der Waals surface area contributed by atoms with E-state index in [1.807, 2.05) is 0 Å². The fraction of sp³-hybridized carbons (Fsp3) is 0.600. The van der Waals surface area contributed by atoms with Gasteiger partial charge in [0.15, 0.2) is 0 Å². The average molecular weight is 392 g/mol. The molecule has 1 aliphatic rings. The molecule has 2 rings (SSSR count). The number of anilines is 1. The van der Waals surface area contributed by atoms with Gasteiger partial charge in [0.25, 0.3) is 0 Å². The van der Waals surface area contributed by atoms with Gasteiger partial charge in [-0.2, -0.15) is 4.31 Å². The molecular formula is C15H24N2O6S2. The maximum atomic E-state index is 12.5. The summed E-state index contributed by atoms with van der Waals surface area (Å²) in [5, 5.41) is 0. The second-order valence-electron chi connectivity index (χ2n) is 5.67. The monoisotopic (exact) mass is 392 g/mol. The van der Waals surface area contributed by atoms with Gasteiger partial charge in [0.1, 0.15) is 0 Å². The van der Waals surface area contributed by atoms with E-state index in [0.29, 0.717) is 26.3 Å². The first kappa shape index (κ1) is 20.1. The lowest BCUT2D eigenvalue weighted by molar-refractivity contribution is 0.0785. The molecule has 1 fully saturated rings. The Balaban J connectivity index is 2.01. The largest absolute Gasteiger partial charge is 0.382 e. The van der Waals surface area contributed by atoms with Crippen molar-refractivity contribution >= 4 is 25.7 Å². The van der Waals surface area contributed by atoms with E-state index in [0.717, 1.165) is 12.8 Å². The van der Waals surface area contributed by atoms with Crippen molar-refractivity contribution in [1.29, 1.82) is 0 Å². The fourth-order valence-corrected chi connectivity index (χ4v) is 4.93. The normalized spacial score (nSPS) is 16.2. The molecule has 1 aromatic carbocycles. The third-order valence-corrected chi connectivity index (χ3v) is 6.88. The summed E-state index contributed by atoms with van der Waals surface area (Å²) in [5.74, 6) is -0.222. The predicted molar refractivity (Wildman–Crippen MR) is 94.5 cm³/mol. The summed E-state index contributed by atoms with van der Waals surface area (Å²) in [6, 6.07) is 5.86. The van der Waals surface area contributed by atoms with E-state index in [2.05, 4.69) is 4.72 Å². The number of hydrogen-bond donors (Lipinski definition) is 1. The predicted octanol–water partition coefficient (Wildman–Crippen LogP) is 0.876. The molecule has 1 heterocycles. The fourth-order valence-electron chi connectivity index (χ4n) is 2.44. The van der Waals surface area contributed by atoms with Crippen LogP contribution >= 0.6 is 0 Å². The minimum Gasteiger partial charge on any atom is -0.382 e. The molecule has 0 radical (unpaired) electrons. The standard InChI is InChI=1S/C15H24N2O6S2/c1-22-9-10-23-11-12-24(18,19)16-14-5-4-6-15(13-14)25(20,21)17-7-2-3-8-17/h4-6,13,16H,2-3,7-12H2,1H3. The molecule has 0 aromatic heterocycles. The summed E-state index contributed by atoms with van der Waals surface area (Å²) in [6.07, 6.45) is 1.68. The number of nitrogens with zero attached hydrogens (tertiary/aromatic N) is 1. The molecule has 0 unspecified atom stereocenters. The Morgan fingerprint density at radius 3 is 2.48 bits per heavy atom. The Labute approximate surface area is 149 Å². The maximum Gasteiger partial charge on any atom is 0.243 e. The third kappa shape index (κ3) is 5.93. The summed E-state index contributed by atoms with van der Waals surface area (Å²) in [6.45, 7) is 1.73. The molecular weight excluding hydrogens is 368 g/mol. The molecule has 1 aliphatic heterocycles. The Morgan fingerprint density at radius 2 is 1.80 bits per heavy atom. The minimum atomic E-state index is -3.63. The van der Waals surface area contributed by atoms with Crippen LogP contribution < -0.4 is 4.72 Å². The van der Waals surface area contributed by atoms with E-state index >= 15 is 0 Å². The zero-order chi connectivity index (χ0) is 18.3. The minimum absolute atomic E-state index is 0.0322. The number of methoxy groups -OCH3 is 1. The average Bonchev–Trinajstić information content (AvgIpc) is 3.09. The van der Waals surface area contributed by atoms with Crippen LogP contribution in [0.2, 0.25) is 0 Å². The molecule has 1 saturated heterocycles. The van der Waals surface area contributed by atoms with Crippen molar-refractivity contribution < 1.29 is 26.3 Å². The van der Waals surface area contributed by atoms with E-state index in [4.69, 9.17) is 9.47 Å². The van der Waals surface area contributed by atoms with Crippen LogP contribution in [0.15, 0.2) is 29.2 Å². The van der Waals surface area contributed by atoms with Crippen LogP contribution in [0.1, 0.15) is 12.8 Å². The molecule has 25 heavy (non-hydrogen) atoms. The molecule has 142 valence electrons. The van der Waals surface area contributed by atoms with Gasteiger partial charge in [-0.1, -0.05) is 6.07 Å². The summed E-state index contributed by atoms with van der Waals surface area (Å²) in [7, 11) is -5.68. The number of hydrogen-bond acceptors (Lipinski definition) is 6. The van der Waals surface area contributed by atoms with Gasteiger partial charge >= 0.3 is 0 Å². The summed E-state index contributed by atoms with van der Waals surface area (Å²) in [5.41, 5.74) is 0.220. The number of nitrogens with one attached hydrogen (secondary N) is 1. The maximum absolute atomic E-state index is 12.5. The molecule has 8 nitrogen and oxygen atoms in total. The number of sulfonamides is 2. The van der Waals surface area contributed by atoms with Crippen molar-refractivity contribution in [2.75, 3.05) is 50.5 Å². The third-order valence-electron chi connectivity index (χ3n) is 3.74. The number of benzene rings is 1. The van der Waals surface area contributed by atoms with Crippen LogP contribution in [0.25, 0.3) is 0 Å². The quantitative estimate of drug-likeness (QED) is 0.593. The molecule has 0 aliphatic carbocycles. The van der Waals surface area contributed by atoms with Gasteiger partial charge in [-0.05, 0) is 31.0 Å². The SMILES string of the molecule is COCCOCCS(=O)(=O)Nc1cccc(S(=O)(=O)N2CCCC2)c1. The molecule has 10 heteroatoms. The van der Waals surface area contributed by atoms with Crippen LogP contribution in [-0.2, 0) is 29.5 Å². The number of ether oxygens (including phenoxy) is 2. The molecule has 0 bridgehead atoms. The molecule has 0 atom stereocenters. The Bertz CT molecular complexity index is 758. The van der Waals surface area contributed by atoms with Gasteiger partial charge in [0.2, 0.25) is 20.0 Å². The van der Waals surface area contributed by atoms with Crippen molar-refractivity contribution in [2.45, 2.75) is 17.7 Å². The second kappa shape index (κ2) is 8.95. The van der Waals surface area contributed by atoms with Crippen LogP contribution in [0.4, 0.5) is 5.69 Å². The Morgan fingerprint density at radius 1 is 1.08 bits per heavy atom. The van der Waals surface area contributed by atoms with Gasteiger partial charge in [-0.15, -0.1) is 0 Å². The molecule has 0 saturated carbocycles. The first-order valence-corrected chi connectivity index (χ1v) is 11.1. The lowest BCUT2D eigenvalue weighted by Gasteiger charge is -2.16. The highest BCUT2D eigenvalue weighted by Crippen LogP contribution is 2.23. The Hall–Kier alpha value is -1.20. The molecule has 1 aromatic rings. The topological polar surface area (TPSA) is 102 Å². The van der Waals surface area contributed by atoms with E-state index in [-0.39, 0.29) is 22.9 Å². The van der Waals surface area contributed by atoms with Gasteiger partial charge in [0.05, 0.1) is 30.5 Å². The second-order valence-corrected chi connectivity index (χ2v) is 9.44. The summed E-state index contributed by atoms with van der Waals surface area (Å²) >= 11 is 0. The first-order chi connectivity index (χ1) is 11.8. The van der Waals surface area contributed by atoms with Gasteiger partial charge in [-0.3, -0.25) is 4.72 Å². The lowest BCUT2D eigenvalue weighted by Crippen LogP contribution is -2.28. The zero-order valence-electron chi connectivity index (χ0n) is 14.2. The smallest absolute Gasteiger partial charge is 0.243 e. The van der Waals surface area contributed by atoms with Crippen molar-refractivity contribution in [3.8, 4) is 0 Å². The van der Waals surface area contributed by atoms with E-state index < -0.39 is 20.0 Å². The van der Waals surface area contributed by atoms with Crippen LogP contribution in [-0.4, -0.2) is 66.9 Å². The highest BCUT2D eigenvalue weighted by Gasteiger charge is 2.27. The molecule has 1 N–H and O–H groups in total. The van der Waals surface area contributed by atoms with E-state index in [1.54, 1.807) is 0 Å². The molecule has 0 amide bonds. The Kier molecular flexibility index (Phi) is 7.20. The summed E-state index contributed by atoms with van der Waals surface area (Å²) < 4.78 is 63.0. The van der Waals surface area contributed by atoms with Crippen LogP contribution in [0, 0.1) is 0 Å². The van der Waals surface area contributed by atoms with Crippen molar-refractivity contribution in [3.63, 3.8) is 0 Å². The van der Waals surface area contributed by atoms with Gasteiger partial charge < -0.3 is 9.47 Å². The van der Waals surface area contributed by atoms with Crippen molar-refractivity contribution in [1.82, 2.24) is 4.31 Å². The van der Waals surface area contributed by atoms with Crippen molar-refractivity contribution in [2.24, 2.45) is 0 Å². The zero-order valence-corrected chi connectivity index (χ0v) is 15.8. The summed E-state index contributed by atoms with van der Waals surface area (Å²) in [4.78, 5) is 0.0888. The van der Waals surface area contributed by atoms with Crippen LogP contribution in [0.3, 0.4) is 0 Å². The van der Waals surface area contributed by atoms with Crippen LogP contribution in [0.5, 0.6) is 0 Å². The van der Waals surface area contributed by atoms with E-state index in [1.165, 1.54) is 35.7 Å².